The number of rotatable bonds is 10. The van der Waals surface area contributed by atoms with Gasteiger partial charge in [-0.15, -0.1) is 0 Å². The van der Waals surface area contributed by atoms with Crippen molar-refractivity contribution in [2.75, 3.05) is 26.4 Å². The lowest BCUT2D eigenvalue weighted by Crippen LogP contribution is -2.30. The summed E-state index contributed by atoms with van der Waals surface area (Å²) in [5, 5.41) is 0. The molecule has 19 heavy (non-hydrogen) atoms. The number of hydrogen-bond donors (Lipinski definition) is 0. The quantitative estimate of drug-likeness (QED) is 0.562. The molecular weight excluding hydrogens is 236 g/mol. The first-order valence-electron chi connectivity index (χ1n) is 7.69. The molecule has 0 N–H and O–H groups in total. The molecule has 2 nitrogen and oxygen atoms in total. The van der Waals surface area contributed by atoms with E-state index in [4.69, 9.17) is 9.47 Å². The van der Waals surface area contributed by atoms with Gasteiger partial charge < -0.3 is 9.47 Å². The molecule has 0 rings (SSSR count). The second-order valence-electron chi connectivity index (χ2n) is 8.19. The summed E-state index contributed by atoms with van der Waals surface area (Å²) in [6.45, 7) is 21.0. The summed E-state index contributed by atoms with van der Waals surface area (Å²) in [4.78, 5) is 0. The molecule has 0 saturated carbocycles. The third kappa shape index (κ3) is 9.45. The van der Waals surface area contributed by atoms with E-state index < -0.39 is 0 Å². The van der Waals surface area contributed by atoms with Gasteiger partial charge in [-0.2, -0.15) is 0 Å². The van der Waals surface area contributed by atoms with Crippen molar-refractivity contribution in [3.05, 3.63) is 0 Å². The molecule has 0 bridgehead atoms. The molecule has 0 fully saturated rings. The molecule has 0 radical (unpaired) electrons. The molecule has 0 atom stereocenters. The normalized spacial score (nSPS) is 13.9. The highest BCUT2D eigenvalue weighted by molar-refractivity contribution is 4.71. The van der Waals surface area contributed by atoms with Gasteiger partial charge in [-0.25, -0.2) is 0 Å². The maximum atomic E-state index is 5.88. The maximum Gasteiger partial charge on any atom is 0.0539 e. The minimum absolute atomic E-state index is 0.0909. The van der Waals surface area contributed by atoms with Gasteiger partial charge in [0.25, 0.3) is 0 Å². The minimum atomic E-state index is 0.0909. The van der Waals surface area contributed by atoms with Gasteiger partial charge in [0.1, 0.15) is 0 Å². The van der Waals surface area contributed by atoms with Crippen molar-refractivity contribution in [2.24, 2.45) is 16.2 Å². The molecule has 0 spiro atoms. The van der Waals surface area contributed by atoms with Crippen molar-refractivity contribution in [3.8, 4) is 0 Å². The lowest BCUT2D eigenvalue weighted by Gasteiger charge is -2.30. The van der Waals surface area contributed by atoms with Gasteiger partial charge in [0.05, 0.1) is 26.4 Å². The molecule has 116 valence electrons. The van der Waals surface area contributed by atoms with E-state index >= 15 is 0 Å². The third-order valence-corrected chi connectivity index (χ3v) is 3.89. The van der Waals surface area contributed by atoms with Gasteiger partial charge in [0, 0.05) is 5.41 Å². The summed E-state index contributed by atoms with van der Waals surface area (Å²) in [5.74, 6) is 0. The van der Waals surface area contributed by atoms with Crippen LogP contribution in [0, 0.1) is 16.2 Å². The molecule has 0 aromatic rings. The Labute approximate surface area is 121 Å². The fourth-order valence-electron chi connectivity index (χ4n) is 1.45. The first-order valence-corrected chi connectivity index (χ1v) is 7.69. The van der Waals surface area contributed by atoms with Crippen molar-refractivity contribution in [3.63, 3.8) is 0 Å². The van der Waals surface area contributed by atoms with Crippen LogP contribution in [-0.2, 0) is 9.47 Å². The fraction of sp³-hybridized carbons (Fsp3) is 1.00. The molecular formula is C17H36O2. The SMILES string of the molecule is CCC(C)(C)COCC(C)(C)COCC(C)(C)CC. The van der Waals surface area contributed by atoms with Crippen LogP contribution in [0.2, 0.25) is 0 Å². The zero-order valence-corrected chi connectivity index (χ0v) is 14.6. The molecule has 0 heterocycles. The Morgan fingerprint density at radius 1 is 0.526 bits per heavy atom. The van der Waals surface area contributed by atoms with Crippen LogP contribution in [0.4, 0.5) is 0 Å². The molecule has 0 aliphatic heterocycles. The average Bonchev–Trinajstić information content (AvgIpc) is 2.28. The van der Waals surface area contributed by atoms with Crippen LogP contribution < -0.4 is 0 Å². The van der Waals surface area contributed by atoms with Gasteiger partial charge in [0.15, 0.2) is 0 Å². The van der Waals surface area contributed by atoms with E-state index in [1.165, 1.54) is 0 Å². The maximum absolute atomic E-state index is 5.88. The van der Waals surface area contributed by atoms with Crippen molar-refractivity contribution in [1.29, 1.82) is 0 Å². The van der Waals surface area contributed by atoms with E-state index in [2.05, 4.69) is 55.4 Å². The molecule has 0 aliphatic carbocycles. The topological polar surface area (TPSA) is 18.5 Å². The lowest BCUT2D eigenvalue weighted by molar-refractivity contribution is -0.0407. The average molecular weight is 272 g/mol. The minimum Gasteiger partial charge on any atom is -0.380 e. The van der Waals surface area contributed by atoms with Crippen LogP contribution >= 0.6 is 0 Å². The summed E-state index contributed by atoms with van der Waals surface area (Å²) in [6, 6.07) is 0. The van der Waals surface area contributed by atoms with Crippen LogP contribution in [0.5, 0.6) is 0 Å². The van der Waals surface area contributed by atoms with Gasteiger partial charge in [-0.3, -0.25) is 0 Å². The summed E-state index contributed by atoms with van der Waals surface area (Å²) in [6.07, 6.45) is 2.29. The third-order valence-electron chi connectivity index (χ3n) is 3.89. The van der Waals surface area contributed by atoms with Crippen LogP contribution in [0.15, 0.2) is 0 Å². The van der Waals surface area contributed by atoms with E-state index in [1.807, 2.05) is 0 Å². The molecule has 0 amide bonds. The molecule has 0 aromatic heterocycles. The highest BCUT2D eigenvalue weighted by Crippen LogP contribution is 2.24. The summed E-state index contributed by atoms with van der Waals surface area (Å²) in [7, 11) is 0. The Bertz CT molecular complexity index is 218. The highest BCUT2D eigenvalue weighted by Gasteiger charge is 2.23. The summed E-state index contributed by atoms with van der Waals surface area (Å²) < 4.78 is 11.8. The van der Waals surface area contributed by atoms with E-state index in [9.17, 15) is 0 Å². The van der Waals surface area contributed by atoms with Crippen LogP contribution in [-0.4, -0.2) is 26.4 Å². The van der Waals surface area contributed by atoms with Gasteiger partial charge >= 0.3 is 0 Å². The number of ether oxygens (including phenoxy) is 2. The van der Waals surface area contributed by atoms with Gasteiger partial charge in [0.2, 0.25) is 0 Å². The van der Waals surface area contributed by atoms with Crippen molar-refractivity contribution >= 4 is 0 Å². The first-order chi connectivity index (χ1) is 8.54. The first kappa shape index (κ1) is 18.9. The summed E-state index contributed by atoms with van der Waals surface area (Å²) in [5.41, 5.74) is 0.649. The highest BCUT2D eigenvalue weighted by atomic mass is 16.5. The molecule has 0 aromatic carbocycles. The number of hydrogen-bond acceptors (Lipinski definition) is 2. The van der Waals surface area contributed by atoms with Gasteiger partial charge in [-0.1, -0.05) is 55.4 Å². The second-order valence-corrected chi connectivity index (χ2v) is 8.19. The zero-order chi connectivity index (χ0) is 15.2. The van der Waals surface area contributed by atoms with Crippen molar-refractivity contribution in [2.45, 2.75) is 68.2 Å². The molecule has 0 unspecified atom stereocenters. The Balaban J connectivity index is 3.93. The smallest absolute Gasteiger partial charge is 0.0539 e. The van der Waals surface area contributed by atoms with Crippen LogP contribution in [0.1, 0.15) is 68.2 Å². The lowest BCUT2D eigenvalue weighted by atomic mass is 9.90. The van der Waals surface area contributed by atoms with E-state index in [-0.39, 0.29) is 16.2 Å². The largest absolute Gasteiger partial charge is 0.380 e. The van der Waals surface area contributed by atoms with E-state index in [1.54, 1.807) is 0 Å². The second kappa shape index (κ2) is 7.64. The predicted molar refractivity (Wildman–Crippen MR) is 83.6 cm³/mol. The zero-order valence-electron chi connectivity index (χ0n) is 14.6. The molecule has 2 heteroatoms. The Hall–Kier alpha value is -0.0800. The fourth-order valence-corrected chi connectivity index (χ4v) is 1.45. The molecule has 0 aliphatic rings. The van der Waals surface area contributed by atoms with Gasteiger partial charge in [-0.05, 0) is 23.7 Å². The summed E-state index contributed by atoms with van der Waals surface area (Å²) >= 11 is 0. The monoisotopic (exact) mass is 272 g/mol. The van der Waals surface area contributed by atoms with E-state index in [0.717, 1.165) is 39.3 Å². The van der Waals surface area contributed by atoms with Crippen LogP contribution in [0.3, 0.4) is 0 Å². The predicted octanol–water partition coefficient (Wildman–Crippen LogP) is 4.92. The van der Waals surface area contributed by atoms with Crippen molar-refractivity contribution < 1.29 is 9.47 Å². The molecule has 0 saturated heterocycles. The van der Waals surface area contributed by atoms with Crippen LogP contribution in [0.25, 0.3) is 0 Å². The standard InChI is InChI=1S/C17H36O2/c1-9-15(3,4)11-18-13-17(7,8)14-19-12-16(5,6)10-2/h9-14H2,1-8H3. The van der Waals surface area contributed by atoms with Crippen molar-refractivity contribution in [1.82, 2.24) is 0 Å². The Morgan fingerprint density at radius 3 is 1.05 bits per heavy atom. The Kier molecular flexibility index (Phi) is 7.60. The Morgan fingerprint density at radius 2 is 0.789 bits per heavy atom. The van der Waals surface area contributed by atoms with E-state index in [0.29, 0.717) is 0 Å².